The van der Waals surface area contributed by atoms with Crippen LogP contribution in [0.4, 0.5) is 0 Å². The number of furan rings is 1. The van der Waals surface area contributed by atoms with Gasteiger partial charge in [-0.25, -0.2) is 0 Å². The number of para-hydroxylation sites is 1. The molecule has 1 aliphatic rings. The third-order valence-electron chi connectivity index (χ3n) is 5.65. The highest BCUT2D eigenvalue weighted by Gasteiger charge is 2.24. The van der Waals surface area contributed by atoms with E-state index in [1.165, 1.54) is 24.2 Å². The van der Waals surface area contributed by atoms with Crippen LogP contribution in [-0.4, -0.2) is 37.4 Å². The molecule has 1 saturated heterocycles. The van der Waals surface area contributed by atoms with Crippen molar-refractivity contribution >= 4 is 28.6 Å². The van der Waals surface area contributed by atoms with E-state index in [0.717, 1.165) is 65.3 Å². The average molecular weight is 398 g/mol. The van der Waals surface area contributed by atoms with E-state index >= 15 is 0 Å². The van der Waals surface area contributed by atoms with E-state index in [0.29, 0.717) is 11.5 Å². The second-order valence-electron chi connectivity index (χ2n) is 7.51. The average Bonchev–Trinajstić information content (AvgIpc) is 3.45. The van der Waals surface area contributed by atoms with E-state index in [1.54, 1.807) is 0 Å². The van der Waals surface area contributed by atoms with E-state index in [2.05, 4.69) is 24.8 Å². The first-order valence-electron chi connectivity index (χ1n) is 10.2. The molecule has 0 bridgehead atoms. The molecular weight excluding hydrogens is 370 g/mol. The Morgan fingerprint density at radius 3 is 2.82 bits per heavy atom. The number of ether oxygens (including phenoxy) is 1. The molecule has 4 rings (SSSR count). The summed E-state index contributed by atoms with van der Waals surface area (Å²) in [5, 5.41) is 1.86. The molecule has 4 nitrogen and oxygen atoms in total. The van der Waals surface area contributed by atoms with Crippen molar-refractivity contribution in [3.8, 4) is 16.2 Å². The van der Waals surface area contributed by atoms with Crippen LogP contribution in [0.1, 0.15) is 54.5 Å². The SMILES string of the molecule is CCC(C)c1oc2ccccc2c1-c1cc(OCCN2CCCC2)sc1C=O. The lowest BCUT2D eigenvalue weighted by Crippen LogP contribution is -2.24. The molecule has 0 saturated carbocycles. The number of likely N-dealkylation sites (tertiary alicyclic amines) is 1. The largest absolute Gasteiger partial charge is 0.483 e. The summed E-state index contributed by atoms with van der Waals surface area (Å²) in [6.07, 6.45) is 4.48. The lowest BCUT2D eigenvalue weighted by molar-refractivity contribution is 0.112. The molecule has 28 heavy (non-hydrogen) atoms. The number of carbonyl (C=O) groups excluding carboxylic acids is 1. The molecule has 0 radical (unpaired) electrons. The third-order valence-corrected chi connectivity index (χ3v) is 6.62. The number of hydrogen-bond acceptors (Lipinski definition) is 5. The van der Waals surface area contributed by atoms with Crippen molar-refractivity contribution in [3.05, 3.63) is 41.0 Å². The Morgan fingerprint density at radius 1 is 1.29 bits per heavy atom. The summed E-state index contributed by atoms with van der Waals surface area (Å²) in [5.41, 5.74) is 2.83. The lowest BCUT2D eigenvalue weighted by Gasteiger charge is -2.13. The van der Waals surface area contributed by atoms with Gasteiger partial charge >= 0.3 is 0 Å². The van der Waals surface area contributed by atoms with Crippen LogP contribution in [0.5, 0.6) is 5.06 Å². The third kappa shape index (κ3) is 3.74. The Kier molecular flexibility index (Phi) is 5.83. The van der Waals surface area contributed by atoms with E-state index in [1.807, 2.05) is 24.3 Å². The van der Waals surface area contributed by atoms with Crippen molar-refractivity contribution in [3.63, 3.8) is 0 Å². The molecule has 1 atom stereocenters. The fraction of sp³-hybridized carbons (Fsp3) is 0.435. The number of fused-ring (bicyclic) bond motifs is 1. The van der Waals surface area contributed by atoms with Gasteiger partial charge in [0, 0.05) is 35.0 Å². The van der Waals surface area contributed by atoms with E-state index in [-0.39, 0.29) is 5.92 Å². The highest BCUT2D eigenvalue weighted by atomic mass is 32.1. The van der Waals surface area contributed by atoms with Crippen LogP contribution in [0, 0.1) is 0 Å². The summed E-state index contributed by atoms with van der Waals surface area (Å²) in [5.74, 6) is 1.23. The summed E-state index contributed by atoms with van der Waals surface area (Å²) < 4.78 is 12.2. The molecule has 3 aromatic rings. The van der Waals surface area contributed by atoms with E-state index < -0.39 is 0 Å². The minimum absolute atomic E-state index is 0.279. The maximum atomic E-state index is 11.8. The highest BCUT2D eigenvalue weighted by Crippen LogP contribution is 2.44. The van der Waals surface area contributed by atoms with Crippen LogP contribution in [0.3, 0.4) is 0 Å². The van der Waals surface area contributed by atoms with Gasteiger partial charge in [0.25, 0.3) is 0 Å². The number of benzene rings is 1. The van der Waals surface area contributed by atoms with Gasteiger partial charge in [-0.3, -0.25) is 9.69 Å². The summed E-state index contributed by atoms with van der Waals surface area (Å²) in [4.78, 5) is 15.0. The smallest absolute Gasteiger partial charge is 0.175 e. The van der Waals surface area contributed by atoms with Gasteiger partial charge in [-0.2, -0.15) is 0 Å². The van der Waals surface area contributed by atoms with Crippen LogP contribution in [0.2, 0.25) is 0 Å². The zero-order valence-corrected chi connectivity index (χ0v) is 17.4. The Labute approximate surface area is 170 Å². The first-order valence-corrected chi connectivity index (χ1v) is 11.0. The molecule has 1 fully saturated rings. The fourth-order valence-corrected chi connectivity index (χ4v) is 4.75. The van der Waals surface area contributed by atoms with Crippen molar-refractivity contribution in [2.45, 2.75) is 39.0 Å². The predicted molar refractivity (Wildman–Crippen MR) is 115 cm³/mol. The van der Waals surface area contributed by atoms with Gasteiger partial charge in [-0.15, -0.1) is 0 Å². The topological polar surface area (TPSA) is 42.7 Å². The van der Waals surface area contributed by atoms with Crippen LogP contribution in [-0.2, 0) is 0 Å². The number of nitrogens with zero attached hydrogens (tertiary/aromatic N) is 1. The summed E-state index contributed by atoms with van der Waals surface area (Å²) >= 11 is 1.43. The van der Waals surface area contributed by atoms with Crippen molar-refractivity contribution < 1.29 is 13.9 Å². The van der Waals surface area contributed by atoms with Gasteiger partial charge in [0.2, 0.25) is 0 Å². The molecular formula is C23H27NO3S. The Balaban J connectivity index is 1.66. The molecule has 1 aromatic carbocycles. The van der Waals surface area contributed by atoms with E-state index in [9.17, 15) is 4.79 Å². The van der Waals surface area contributed by atoms with Crippen LogP contribution in [0.25, 0.3) is 22.1 Å². The number of rotatable bonds is 8. The Morgan fingerprint density at radius 2 is 2.07 bits per heavy atom. The molecule has 148 valence electrons. The minimum atomic E-state index is 0.279. The van der Waals surface area contributed by atoms with Gasteiger partial charge in [-0.05, 0) is 38.4 Å². The second kappa shape index (κ2) is 8.50. The maximum absolute atomic E-state index is 11.8. The quantitative estimate of drug-likeness (QED) is 0.440. The number of carbonyl (C=O) groups is 1. The van der Waals surface area contributed by atoms with Crippen molar-refractivity contribution in [1.82, 2.24) is 4.90 Å². The molecule has 2 aromatic heterocycles. The number of hydrogen-bond donors (Lipinski definition) is 0. The van der Waals surface area contributed by atoms with Gasteiger partial charge < -0.3 is 9.15 Å². The van der Waals surface area contributed by atoms with Gasteiger partial charge in [-0.1, -0.05) is 43.4 Å². The maximum Gasteiger partial charge on any atom is 0.175 e. The summed E-state index contributed by atoms with van der Waals surface area (Å²) in [6.45, 7) is 8.25. The first-order chi connectivity index (χ1) is 13.7. The molecule has 1 aliphatic heterocycles. The van der Waals surface area contributed by atoms with Crippen molar-refractivity contribution in [2.24, 2.45) is 0 Å². The zero-order chi connectivity index (χ0) is 19.5. The normalized spacial score (nSPS) is 15.9. The molecule has 1 unspecified atom stereocenters. The number of aldehydes is 1. The molecule has 3 heterocycles. The minimum Gasteiger partial charge on any atom is -0.483 e. The summed E-state index contributed by atoms with van der Waals surface area (Å²) in [7, 11) is 0. The molecule has 5 heteroatoms. The van der Waals surface area contributed by atoms with Crippen LogP contribution < -0.4 is 4.74 Å². The molecule has 0 N–H and O–H groups in total. The molecule has 0 aliphatic carbocycles. The number of thiophene rings is 1. The zero-order valence-electron chi connectivity index (χ0n) is 16.6. The van der Waals surface area contributed by atoms with E-state index in [4.69, 9.17) is 9.15 Å². The van der Waals surface area contributed by atoms with Crippen molar-refractivity contribution in [1.29, 1.82) is 0 Å². The fourth-order valence-electron chi connectivity index (χ4n) is 3.89. The van der Waals surface area contributed by atoms with Gasteiger partial charge in [0.15, 0.2) is 11.3 Å². The predicted octanol–water partition coefficient (Wildman–Crippen LogP) is 5.96. The first kappa shape index (κ1) is 19.2. The second-order valence-corrected chi connectivity index (χ2v) is 8.55. The monoisotopic (exact) mass is 397 g/mol. The van der Waals surface area contributed by atoms with Crippen LogP contribution in [0.15, 0.2) is 34.7 Å². The van der Waals surface area contributed by atoms with Gasteiger partial charge in [0.1, 0.15) is 18.0 Å². The highest BCUT2D eigenvalue weighted by molar-refractivity contribution is 7.16. The van der Waals surface area contributed by atoms with Crippen LogP contribution >= 0.6 is 11.3 Å². The van der Waals surface area contributed by atoms with Gasteiger partial charge in [0.05, 0.1) is 4.88 Å². The van der Waals surface area contributed by atoms with Crippen molar-refractivity contribution in [2.75, 3.05) is 26.2 Å². The standard InChI is InChI=1S/C23H27NO3S/c1-3-16(2)23-22(17-8-4-5-9-19(17)27-23)18-14-21(28-20(18)15-25)26-13-12-24-10-6-7-11-24/h4-5,8-9,14-16H,3,6-7,10-13H2,1-2H3. The molecule has 0 spiro atoms. The lowest BCUT2D eigenvalue weighted by atomic mass is 9.95. The Hall–Kier alpha value is -2.11. The summed E-state index contributed by atoms with van der Waals surface area (Å²) in [6, 6.07) is 10.1. The Bertz CT molecular complexity index is 952. The molecule has 0 amide bonds.